The number of nitro groups is 1. The number of hydrazone groups is 2. The summed E-state index contributed by atoms with van der Waals surface area (Å²) >= 11 is 0. The van der Waals surface area contributed by atoms with Gasteiger partial charge in [-0.05, 0) is 59.2 Å². The molecule has 0 unspecified atom stereocenters. The van der Waals surface area contributed by atoms with Crippen LogP contribution in [0.25, 0.3) is 0 Å². The number of nitrogens with one attached hydrogen (secondary N) is 3. The van der Waals surface area contributed by atoms with E-state index in [-0.39, 0.29) is 22.7 Å². The molecule has 1 aromatic carbocycles. The largest absolute Gasteiger partial charge is 0.461 e. The highest BCUT2D eigenvalue weighted by Crippen LogP contribution is 2.28. The average Bonchev–Trinajstić information content (AvgIpc) is 2.85. The molecule has 0 radical (unpaired) electrons. The van der Waals surface area contributed by atoms with Crippen molar-refractivity contribution in [1.82, 2.24) is 10.9 Å². The fourth-order valence-corrected chi connectivity index (χ4v) is 2.14. The molecule has 1 atom stereocenters. The van der Waals surface area contributed by atoms with Gasteiger partial charge in [-0.2, -0.15) is 10.2 Å². The van der Waals surface area contributed by atoms with Crippen molar-refractivity contribution < 1.29 is 9.66 Å². The number of non-ortho nitro benzene ring substituents is 1. The van der Waals surface area contributed by atoms with E-state index in [0.717, 1.165) is 0 Å². The van der Waals surface area contributed by atoms with Gasteiger partial charge < -0.3 is 15.6 Å². The van der Waals surface area contributed by atoms with Gasteiger partial charge in [0.1, 0.15) is 5.71 Å². The summed E-state index contributed by atoms with van der Waals surface area (Å²) < 4.78 is 5.68. The average molecular weight is 374 g/mol. The van der Waals surface area contributed by atoms with Crippen LogP contribution in [0.4, 0.5) is 5.69 Å². The smallest absolute Gasteiger partial charge is 0.269 e. The summed E-state index contributed by atoms with van der Waals surface area (Å²) in [6.07, 6.45) is -0.673. The predicted octanol–water partition coefficient (Wildman–Crippen LogP) is 3.13. The van der Waals surface area contributed by atoms with Gasteiger partial charge in [0.25, 0.3) is 5.69 Å². The molecular weight excluding hydrogens is 348 g/mol. The Kier molecular flexibility index (Phi) is 5.53. The first-order chi connectivity index (χ1) is 12.4. The molecule has 9 heteroatoms. The second kappa shape index (κ2) is 7.34. The van der Waals surface area contributed by atoms with Crippen LogP contribution in [0.1, 0.15) is 53.2 Å². The molecule has 1 aromatic rings. The van der Waals surface area contributed by atoms with Crippen LogP contribution in [0.3, 0.4) is 0 Å². The lowest BCUT2D eigenvalue weighted by atomic mass is 10.0. The van der Waals surface area contributed by atoms with Gasteiger partial charge in [0.05, 0.1) is 4.92 Å². The minimum Gasteiger partial charge on any atom is -0.461 e. The topological polar surface area (TPSA) is 125 Å². The summed E-state index contributed by atoms with van der Waals surface area (Å²) in [5.41, 5.74) is 6.82. The highest BCUT2D eigenvalue weighted by atomic mass is 16.6. The monoisotopic (exact) mass is 374 g/mol. The molecule has 0 aromatic heterocycles. The molecule has 0 amide bonds. The Morgan fingerprint density at radius 3 is 2.04 bits per heavy atom. The maximum Gasteiger partial charge on any atom is 0.269 e. The maximum absolute atomic E-state index is 10.9. The van der Waals surface area contributed by atoms with E-state index in [4.69, 9.17) is 10.1 Å². The Hall–Kier alpha value is -2.97. The molecule has 0 aliphatic carbocycles. The predicted molar refractivity (Wildman–Crippen MR) is 105 cm³/mol. The molecule has 1 aliphatic heterocycles. The minimum absolute atomic E-state index is 0.0126. The van der Waals surface area contributed by atoms with Gasteiger partial charge in [-0.1, -0.05) is 0 Å². The van der Waals surface area contributed by atoms with E-state index < -0.39 is 11.0 Å². The standard InChI is InChI=1S/C18H26N6O3/c1-17(2,3)22-20-13-14(21-23-18(4,5)6)16(19)27-15(13)11-7-9-12(10-8-11)24(25)26/h7-10,15,19,22-23H,1-6H3/b19-16?,20-13+,21-14+/t15-/m1/s1. The van der Waals surface area contributed by atoms with E-state index in [0.29, 0.717) is 17.0 Å². The number of hydrogen-bond acceptors (Lipinski definition) is 8. The summed E-state index contributed by atoms with van der Waals surface area (Å²) in [5.74, 6) is -0.107. The number of benzene rings is 1. The fraction of sp³-hybridized carbons (Fsp3) is 0.500. The highest BCUT2D eigenvalue weighted by Gasteiger charge is 2.38. The van der Waals surface area contributed by atoms with Crippen LogP contribution < -0.4 is 10.9 Å². The van der Waals surface area contributed by atoms with E-state index >= 15 is 0 Å². The van der Waals surface area contributed by atoms with Crippen molar-refractivity contribution in [2.45, 2.75) is 58.7 Å². The molecule has 0 saturated carbocycles. The number of hydrogen-bond donors (Lipinski definition) is 3. The Bertz CT molecular complexity index is 785. The van der Waals surface area contributed by atoms with E-state index in [1.54, 1.807) is 12.1 Å². The quantitative estimate of drug-likeness (QED) is 0.551. The first-order valence-corrected chi connectivity index (χ1v) is 8.57. The van der Waals surface area contributed by atoms with Crippen LogP contribution >= 0.6 is 0 Å². The molecule has 0 spiro atoms. The second-order valence-electron chi connectivity index (χ2n) is 8.36. The van der Waals surface area contributed by atoms with Crippen molar-refractivity contribution in [1.29, 1.82) is 5.41 Å². The van der Waals surface area contributed by atoms with E-state index in [1.807, 2.05) is 41.5 Å². The number of ether oxygens (including phenoxy) is 1. The van der Waals surface area contributed by atoms with Crippen molar-refractivity contribution >= 4 is 23.0 Å². The van der Waals surface area contributed by atoms with Crippen LogP contribution in [0.2, 0.25) is 0 Å². The molecule has 0 bridgehead atoms. The van der Waals surface area contributed by atoms with Gasteiger partial charge in [-0.15, -0.1) is 0 Å². The third-order valence-electron chi connectivity index (χ3n) is 3.36. The lowest BCUT2D eigenvalue weighted by Crippen LogP contribution is -2.36. The normalized spacial score (nSPS) is 20.7. The third-order valence-corrected chi connectivity index (χ3v) is 3.36. The second-order valence-corrected chi connectivity index (χ2v) is 8.36. The van der Waals surface area contributed by atoms with Crippen LogP contribution in [-0.2, 0) is 4.74 Å². The van der Waals surface area contributed by atoms with Crippen LogP contribution in [0.5, 0.6) is 0 Å². The van der Waals surface area contributed by atoms with Gasteiger partial charge in [-0.25, -0.2) is 0 Å². The van der Waals surface area contributed by atoms with Crippen molar-refractivity contribution in [3.8, 4) is 0 Å². The Balaban J connectivity index is 2.43. The first-order valence-electron chi connectivity index (χ1n) is 8.57. The van der Waals surface area contributed by atoms with Crippen molar-refractivity contribution in [2.75, 3.05) is 0 Å². The summed E-state index contributed by atoms with van der Waals surface area (Å²) in [4.78, 5) is 10.4. The lowest BCUT2D eigenvalue weighted by molar-refractivity contribution is -0.384. The lowest BCUT2D eigenvalue weighted by Gasteiger charge is -2.20. The summed E-state index contributed by atoms with van der Waals surface area (Å²) in [6.45, 7) is 11.7. The zero-order chi connectivity index (χ0) is 20.4. The fourth-order valence-electron chi connectivity index (χ4n) is 2.14. The van der Waals surface area contributed by atoms with E-state index in [2.05, 4.69) is 21.1 Å². The minimum atomic E-state index is -0.673. The third kappa shape index (κ3) is 5.50. The molecule has 1 fully saturated rings. The molecule has 9 nitrogen and oxygen atoms in total. The summed E-state index contributed by atoms with van der Waals surface area (Å²) in [7, 11) is 0. The molecule has 3 N–H and O–H groups in total. The van der Waals surface area contributed by atoms with Crippen LogP contribution in [-0.4, -0.2) is 33.3 Å². The zero-order valence-electron chi connectivity index (χ0n) is 16.5. The number of rotatable bonds is 4. The Morgan fingerprint density at radius 2 is 1.56 bits per heavy atom. The highest BCUT2D eigenvalue weighted by molar-refractivity contribution is 6.69. The molecule has 1 aliphatic rings. The Labute approximate surface area is 158 Å². The molecule has 146 valence electrons. The zero-order valence-corrected chi connectivity index (χ0v) is 16.5. The van der Waals surface area contributed by atoms with Gasteiger partial charge in [0, 0.05) is 23.2 Å². The van der Waals surface area contributed by atoms with Gasteiger partial charge in [0.2, 0.25) is 5.90 Å². The van der Waals surface area contributed by atoms with E-state index in [9.17, 15) is 10.1 Å². The number of nitro benzene ring substituents is 1. The van der Waals surface area contributed by atoms with Gasteiger partial charge >= 0.3 is 0 Å². The molecule has 1 heterocycles. The molecule has 1 saturated heterocycles. The van der Waals surface area contributed by atoms with Crippen LogP contribution in [0, 0.1) is 15.5 Å². The van der Waals surface area contributed by atoms with Crippen molar-refractivity contribution in [3.63, 3.8) is 0 Å². The van der Waals surface area contributed by atoms with Crippen molar-refractivity contribution in [3.05, 3.63) is 39.9 Å². The summed E-state index contributed by atoms with van der Waals surface area (Å²) in [6, 6.07) is 6.00. The molecule has 2 rings (SSSR count). The molecular formula is C18H26N6O3. The number of nitrogens with zero attached hydrogens (tertiary/aromatic N) is 3. The van der Waals surface area contributed by atoms with E-state index in [1.165, 1.54) is 12.1 Å². The van der Waals surface area contributed by atoms with Gasteiger partial charge in [0.15, 0.2) is 11.8 Å². The maximum atomic E-state index is 10.9. The first kappa shape index (κ1) is 20.3. The molecule has 27 heavy (non-hydrogen) atoms. The van der Waals surface area contributed by atoms with Crippen LogP contribution in [0.15, 0.2) is 34.5 Å². The van der Waals surface area contributed by atoms with Gasteiger partial charge in [-0.3, -0.25) is 15.5 Å². The summed E-state index contributed by atoms with van der Waals surface area (Å²) in [5, 5.41) is 27.8. The Morgan fingerprint density at radius 1 is 1.04 bits per heavy atom. The van der Waals surface area contributed by atoms with Crippen molar-refractivity contribution in [2.24, 2.45) is 10.2 Å². The SMILES string of the molecule is CC(C)(C)N/N=C1/C(=N)O[C@H](c2ccc([N+](=O)[O-])cc2)/C1=N/NC(C)(C)C.